The van der Waals surface area contributed by atoms with Crippen molar-refractivity contribution in [2.75, 3.05) is 7.11 Å². The van der Waals surface area contributed by atoms with Crippen LogP contribution in [0.25, 0.3) is 10.9 Å². The van der Waals surface area contributed by atoms with Gasteiger partial charge in [-0.25, -0.2) is 9.78 Å². The van der Waals surface area contributed by atoms with Crippen molar-refractivity contribution < 1.29 is 14.3 Å². The molecule has 0 atom stereocenters. The summed E-state index contributed by atoms with van der Waals surface area (Å²) in [6.45, 7) is 5.76. The van der Waals surface area contributed by atoms with Gasteiger partial charge in [0.15, 0.2) is 5.69 Å². The Morgan fingerprint density at radius 2 is 2.00 bits per heavy atom. The number of methoxy groups -OCH3 is 1. The average Bonchev–Trinajstić information content (AvgIpc) is 2.39. The summed E-state index contributed by atoms with van der Waals surface area (Å²) in [7, 11) is 1.32. The zero-order valence-corrected chi connectivity index (χ0v) is 12.6. The van der Waals surface area contributed by atoms with E-state index in [1.165, 1.54) is 7.11 Å². The van der Waals surface area contributed by atoms with Crippen LogP contribution in [-0.4, -0.2) is 24.2 Å². The second kappa shape index (κ2) is 5.67. The van der Waals surface area contributed by atoms with Crippen LogP contribution >= 0.6 is 11.6 Å². The minimum Gasteiger partial charge on any atom is -0.490 e. The predicted octanol–water partition coefficient (Wildman–Crippen LogP) is 3.77. The molecule has 0 saturated heterocycles. The molecule has 0 radical (unpaired) electrons. The Morgan fingerprint density at radius 1 is 1.30 bits per heavy atom. The summed E-state index contributed by atoms with van der Waals surface area (Å²) in [5.41, 5.74) is 1.75. The second-order valence-corrected chi connectivity index (χ2v) is 5.19. The van der Waals surface area contributed by atoms with E-state index in [1.54, 1.807) is 12.1 Å². The van der Waals surface area contributed by atoms with Crippen LogP contribution in [0.2, 0.25) is 5.02 Å². The van der Waals surface area contributed by atoms with Gasteiger partial charge in [0.2, 0.25) is 0 Å². The maximum atomic E-state index is 11.7. The number of aryl methyl sites for hydroxylation is 1. The minimum atomic E-state index is -0.503. The molecule has 1 aromatic carbocycles. The van der Waals surface area contributed by atoms with Gasteiger partial charge >= 0.3 is 5.97 Å². The molecule has 0 fully saturated rings. The molecule has 0 aliphatic carbocycles. The van der Waals surface area contributed by atoms with Crippen LogP contribution in [0, 0.1) is 6.92 Å². The number of esters is 1. The third-order valence-corrected chi connectivity index (χ3v) is 3.22. The number of pyridine rings is 1. The van der Waals surface area contributed by atoms with Gasteiger partial charge in [0.05, 0.1) is 18.7 Å². The number of rotatable bonds is 3. The number of halogens is 1. The largest absolute Gasteiger partial charge is 0.490 e. The number of carbonyl (C=O) groups is 1. The van der Waals surface area contributed by atoms with Gasteiger partial charge < -0.3 is 9.47 Å². The highest BCUT2D eigenvalue weighted by Gasteiger charge is 2.15. The lowest BCUT2D eigenvalue weighted by Gasteiger charge is -2.14. The Hall–Kier alpha value is -1.81. The lowest BCUT2D eigenvalue weighted by Crippen LogP contribution is -2.09. The van der Waals surface area contributed by atoms with E-state index in [0.717, 1.165) is 10.9 Å². The summed E-state index contributed by atoms with van der Waals surface area (Å²) < 4.78 is 10.5. The highest BCUT2D eigenvalue weighted by atomic mass is 35.5. The van der Waals surface area contributed by atoms with E-state index in [4.69, 9.17) is 21.1 Å². The first kappa shape index (κ1) is 14.6. The number of nitrogens with zero attached hydrogens (tertiary/aromatic N) is 1. The van der Waals surface area contributed by atoms with E-state index in [-0.39, 0.29) is 11.8 Å². The van der Waals surface area contributed by atoms with E-state index >= 15 is 0 Å². The molecule has 0 aliphatic rings. The lowest BCUT2D eigenvalue weighted by molar-refractivity contribution is 0.0593. The van der Waals surface area contributed by atoms with Crippen LogP contribution < -0.4 is 4.74 Å². The number of hydrogen-bond donors (Lipinski definition) is 0. The van der Waals surface area contributed by atoms with Crippen molar-refractivity contribution in [2.24, 2.45) is 0 Å². The van der Waals surface area contributed by atoms with Gasteiger partial charge in [0.1, 0.15) is 5.75 Å². The van der Waals surface area contributed by atoms with Crippen molar-refractivity contribution in [3.05, 3.63) is 34.5 Å². The monoisotopic (exact) mass is 293 g/mol. The molecule has 0 aliphatic heterocycles. The Morgan fingerprint density at radius 3 is 2.60 bits per heavy atom. The van der Waals surface area contributed by atoms with Crippen molar-refractivity contribution in [2.45, 2.75) is 26.9 Å². The molecule has 1 aromatic heterocycles. The maximum Gasteiger partial charge on any atom is 0.356 e. The number of benzene rings is 1. The molecule has 0 bridgehead atoms. The van der Waals surface area contributed by atoms with Gasteiger partial charge in [-0.2, -0.15) is 0 Å². The van der Waals surface area contributed by atoms with Crippen molar-refractivity contribution in [1.29, 1.82) is 0 Å². The number of fused-ring (bicyclic) bond motifs is 1. The molecule has 2 aromatic rings. The van der Waals surface area contributed by atoms with Gasteiger partial charge in [0, 0.05) is 16.5 Å². The van der Waals surface area contributed by atoms with Crippen LogP contribution in [0.1, 0.15) is 29.9 Å². The Kier molecular flexibility index (Phi) is 4.14. The first-order valence-corrected chi connectivity index (χ1v) is 6.66. The standard InChI is InChI=1S/C15H16ClNO3/c1-8(2)20-14-7-13(15(18)19-4)17-12-6-11(16)9(3)5-10(12)14/h5-8H,1-4H3. The summed E-state index contributed by atoms with van der Waals surface area (Å²) in [6.07, 6.45) is -0.0120. The first-order valence-electron chi connectivity index (χ1n) is 6.28. The molecule has 20 heavy (non-hydrogen) atoms. The van der Waals surface area contributed by atoms with Crippen LogP contribution in [0.15, 0.2) is 18.2 Å². The van der Waals surface area contributed by atoms with E-state index in [1.807, 2.05) is 26.8 Å². The molecule has 5 heteroatoms. The highest BCUT2D eigenvalue weighted by molar-refractivity contribution is 6.32. The smallest absolute Gasteiger partial charge is 0.356 e. The normalized spacial score (nSPS) is 10.9. The van der Waals surface area contributed by atoms with Crippen molar-refractivity contribution in [1.82, 2.24) is 4.98 Å². The topological polar surface area (TPSA) is 48.4 Å². The molecule has 2 rings (SSSR count). The number of hydrogen-bond acceptors (Lipinski definition) is 4. The Balaban J connectivity index is 2.70. The molecule has 4 nitrogen and oxygen atoms in total. The SMILES string of the molecule is COC(=O)c1cc(OC(C)C)c2cc(C)c(Cl)cc2n1. The fraction of sp³-hybridized carbons (Fsp3) is 0.333. The summed E-state index contributed by atoms with van der Waals surface area (Å²) in [5, 5.41) is 1.43. The molecule has 0 amide bonds. The van der Waals surface area contributed by atoms with E-state index in [9.17, 15) is 4.79 Å². The number of carbonyl (C=O) groups excluding carboxylic acids is 1. The Bertz CT molecular complexity index is 668. The molecular weight excluding hydrogens is 278 g/mol. The molecule has 0 N–H and O–H groups in total. The van der Waals surface area contributed by atoms with E-state index < -0.39 is 5.97 Å². The zero-order valence-electron chi connectivity index (χ0n) is 11.9. The van der Waals surface area contributed by atoms with Gasteiger partial charge in [-0.3, -0.25) is 0 Å². The van der Waals surface area contributed by atoms with Crippen molar-refractivity contribution in [3.8, 4) is 5.75 Å². The van der Waals surface area contributed by atoms with E-state index in [0.29, 0.717) is 16.3 Å². The highest BCUT2D eigenvalue weighted by Crippen LogP contribution is 2.31. The van der Waals surface area contributed by atoms with Gasteiger partial charge in [-0.05, 0) is 38.5 Å². The molecular formula is C15H16ClNO3. The lowest BCUT2D eigenvalue weighted by atomic mass is 10.1. The van der Waals surface area contributed by atoms with Gasteiger partial charge in [-0.15, -0.1) is 0 Å². The molecule has 106 valence electrons. The van der Waals surface area contributed by atoms with Crippen molar-refractivity contribution >= 4 is 28.5 Å². The summed E-state index contributed by atoms with van der Waals surface area (Å²) in [4.78, 5) is 16.0. The van der Waals surface area contributed by atoms with Crippen LogP contribution in [0.4, 0.5) is 0 Å². The molecule has 1 heterocycles. The second-order valence-electron chi connectivity index (χ2n) is 4.78. The van der Waals surface area contributed by atoms with Gasteiger partial charge in [0.25, 0.3) is 0 Å². The summed E-state index contributed by atoms with van der Waals surface area (Å²) >= 11 is 6.11. The fourth-order valence-electron chi connectivity index (χ4n) is 1.89. The Labute approximate surface area is 122 Å². The van der Waals surface area contributed by atoms with Crippen LogP contribution in [0.5, 0.6) is 5.75 Å². The quantitative estimate of drug-likeness (QED) is 0.808. The molecule has 0 unspecified atom stereocenters. The third-order valence-electron chi connectivity index (χ3n) is 2.81. The van der Waals surface area contributed by atoms with Crippen molar-refractivity contribution in [3.63, 3.8) is 0 Å². The number of ether oxygens (including phenoxy) is 2. The zero-order chi connectivity index (χ0) is 14.9. The number of aromatic nitrogens is 1. The van der Waals surface area contributed by atoms with E-state index in [2.05, 4.69) is 4.98 Å². The first-order chi connectivity index (χ1) is 9.42. The van der Waals surface area contributed by atoms with Crippen LogP contribution in [0.3, 0.4) is 0 Å². The minimum absolute atomic E-state index is 0.0120. The third kappa shape index (κ3) is 2.85. The average molecular weight is 294 g/mol. The summed E-state index contributed by atoms with van der Waals surface area (Å²) in [5.74, 6) is 0.0994. The summed E-state index contributed by atoms with van der Waals surface area (Å²) in [6, 6.07) is 5.23. The predicted molar refractivity (Wildman–Crippen MR) is 78.6 cm³/mol. The molecule has 0 spiro atoms. The molecule has 0 saturated carbocycles. The van der Waals surface area contributed by atoms with Gasteiger partial charge in [-0.1, -0.05) is 11.6 Å². The maximum absolute atomic E-state index is 11.7. The van der Waals surface area contributed by atoms with Crippen LogP contribution in [-0.2, 0) is 4.74 Å². The fourth-order valence-corrected chi connectivity index (χ4v) is 2.04.